The Balaban J connectivity index is 1.52. The van der Waals surface area contributed by atoms with Gasteiger partial charge in [-0.05, 0) is 68.3 Å². The molecule has 0 heterocycles. The van der Waals surface area contributed by atoms with Gasteiger partial charge in [0.05, 0.1) is 6.61 Å². The normalized spacial score (nSPS) is 11.7. The number of hydrogen-bond acceptors (Lipinski definition) is 3. The molecule has 0 saturated heterocycles. The molecule has 3 rings (SSSR count). The second-order valence-electron chi connectivity index (χ2n) is 6.81. The molecule has 0 aromatic heterocycles. The van der Waals surface area contributed by atoms with Gasteiger partial charge in [0.1, 0.15) is 17.6 Å². The zero-order valence-corrected chi connectivity index (χ0v) is 16.4. The summed E-state index contributed by atoms with van der Waals surface area (Å²) >= 11 is 0. The lowest BCUT2D eigenvalue weighted by molar-refractivity contribution is -0.127. The van der Waals surface area contributed by atoms with E-state index in [9.17, 15) is 4.79 Å². The quantitative estimate of drug-likeness (QED) is 0.581. The molecule has 0 fully saturated rings. The van der Waals surface area contributed by atoms with Gasteiger partial charge in [0, 0.05) is 5.69 Å². The van der Waals surface area contributed by atoms with E-state index in [0.717, 1.165) is 11.3 Å². The predicted molar refractivity (Wildman–Crippen MR) is 112 cm³/mol. The standard InChI is InChI=1S/C24H25NO3/c1-17-9-10-20(18(2)15-17)16-27-19(3)24(26)25-21-11-13-23(14-12-21)28-22-7-5-4-6-8-22/h4-15,19H,16H2,1-3H3,(H,25,26). The molecule has 0 saturated carbocycles. The smallest absolute Gasteiger partial charge is 0.253 e. The minimum absolute atomic E-state index is 0.179. The highest BCUT2D eigenvalue weighted by atomic mass is 16.5. The molecule has 1 amide bonds. The molecule has 0 aliphatic rings. The van der Waals surface area contributed by atoms with Crippen LogP contribution in [0.5, 0.6) is 11.5 Å². The fourth-order valence-corrected chi connectivity index (χ4v) is 2.77. The average Bonchev–Trinajstić information content (AvgIpc) is 2.69. The van der Waals surface area contributed by atoms with Crippen molar-refractivity contribution in [2.45, 2.75) is 33.5 Å². The van der Waals surface area contributed by atoms with Crippen molar-refractivity contribution in [1.29, 1.82) is 0 Å². The lowest BCUT2D eigenvalue weighted by Gasteiger charge is -2.15. The highest BCUT2D eigenvalue weighted by molar-refractivity contribution is 5.93. The number of hydrogen-bond donors (Lipinski definition) is 1. The summed E-state index contributed by atoms with van der Waals surface area (Å²) in [5.41, 5.74) is 4.17. The van der Waals surface area contributed by atoms with E-state index in [-0.39, 0.29) is 5.91 Å². The maximum Gasteiger partial charge on any atom is 0.253 e. The Hall–Kier alpha value is -3.11. The van der Waals surface area contributed by atoms with Gasteiger partial charge in [-0.15, -0.1) is 0 Å². The van der Waals surface area contributed by atoms with Crippen LogP contribution in [-0.2, 0) is 16.1 Å². The molecule has 28 heavy (non-hydrogen) atoms. The Bertz CT molecular complexity index is 920. The Labute approximate surface area is 166 Å². The van der Waals surface area contributed by atoms with Gasteiger partial charge in [-0.1, -0.05) is 42.0 Å². The number of carbonyl (C=O) groups is 1. The largest absolute Gasteiger partial charge is 0.457 e. The van der Waals surface area contributed by atoms with Gasteiger partial charge in [0.15, 0.2) is 0 Å². The van der Waals surface area contributed by atoms with Crippen LogP contribution in [0.2, 0.25) is 0 Å². The summed E-state index contributed by atoms with van der Waals surface area (Å²) in [6.07, 6.45) is -0.555. The molecule has 1 N–H and O–H groups in total. The van der Waals surface area contributed by atoms with E-state index in [1.807, 2.05) is 60.7 Å². The molecular weight excluding hydrogens is 350 g/mol. The molecule has 144 valence electrons. The summed E-state index contributed by atoms with van der Waals surface area (Å²) < 4.78 is 11.5. The number of rotatable bonds is 7. The first kappa shape index (κ1) is 19.6. The monoisotopic (exact) mass is 375 g/mol. The molecular formula is C24H25NO3. The second-order valence-corrected chi connectivity index (χ2v) is 6.81. The lowest BCUT2D eigenvalue weighted by Crippen LogP contribution is -2.27. The van der Waals surface area contributed by atoms with Crippen LogP contribution in [0.4, 0.5) is 5.69 Å². The zero-order valence-electron chi connectivity index (χ0n) is 16.4. The van der Waals surface area contributed by atoms with Crippen molar-refractivity contribution in [2.24, 2.45) is 0 Å². The van der Waals surface area contributed by atoms with Gasteiger partial charge in [0.25, 0.3) is 5.91 Å². The number of benzene rings is 3. The van der Waals surface area contributed by atoms with E-state index in [2.05, 4.69) is 31.3 Å². The molecule has 3 aromatic rings. The molecule has 0 radical (unpaired) electrons. The van der Waals surface area contributed by atoms with E-state index >= 15 is 0 Å². The maximum atomic E-state index is 12.4. The first-order valence-electron chi connectivity index (χ1n) is 9.33. The average molecular weight is 375 g/mol. The van der Waals surface area contributed by atoms with E-state index in [4.69, 9.17) is 9.47 Å². The van der Waals surface area contributed by atoms with Gasteiger partial charge in [0.2, 0.25) is 0 Å². The van der Waals surface area contributed by atoms with Crippen molar-refractivity contribution in [3.63, 3.8) is 0 Å². The molecule has 3 aromatic carbocycles. The fraction of sp³-hybridized carbons (Fsp3) is 0.208. The van der Waals surface area contributed by atoms with Crippen molar-refractivity contribution in [3.05, 3.63) is 89.5 Å². The number of ether oxygens (including phenoxy) is 2. The molecule has 1 atom stereocenters. The highest BCUT2D eigenvalue weighted by Gasteiger charge is 2.14. The van der Waals surface area contributed by atoms with E-state index in [0.29, 0.717) is 18.0 Å². The number of aryl methyl sites for hydroxylation is 2. The van der Waals surface area contributed by atoms with Crippen LogP contribution in [0.1, 0.15) is 23.6 Å². The second kappa shape index (κ2) is 9.20. The third kappa shape index (κ3) is 5.44. The van der Waals surface area contributed by atoms with Gasteiger partial charge < -0.3 is 14.8 Å². The highest BCUT2D eigenvalue weighted by Crippen LogP contribution is 2.22. The summed E-state index contributed by atoms with van der Waals surface area (Å²) in [5, 5.41) is 2.87. The molecule has 0 spiro atoms. The minimum atomic E-state index is -0.555. The number of amides is 1. The van der Waals surface area contributed by atoms with Crippen LogP contribution < -0.4 is 10.1 Å². The zero-order chi connectivity index (χ0) is 19.9. The van der Waals surface area contributed by atoms with Crippen LogP contribution in [-0.4, -0.2) is 12.0 Å². The predicted octanol–water partition coefficient (Wildman–Crippen LogP) is 5.64. The molecule has 4 nitrogen and oxygen atoms in total. The Kier molecular flexibility index (Phi) is 6.45. The molecule has 0 bridgehead atoms. The van der Waals surface area contributed by atoms with Crippen LogP contribution in [0.15, 0.2) is 72.8 Å². The van der Waals surface area contributed by atoms with Crippen molar-refractivity contribution in [1.82, 2.24) is 0 Å². The maximum absolute atomic E-state index is 12.4. The summed E-state index contributed by atoms with van der Waals surface area (Å²) in [6.45, 7) is 6.27. The van der Waals surface area contributed by atoms with Gasteiger partial charge in [-0.25, -0.2) is 0 Å². The summed E-state index contributed by atoms with van der Waals surface area (Å²) in [4.78, 5) is 12.4. The summed E-state index contributed by atoms with van der Waals surface area (Å²) in [5.74, 6) is 1.30. The molecule has 1 unspecified atom stereocenters. The third-order valence-corrected chi connectivity index (χ3v) is 4.46. The van der Waals surface area contributed by atoms with E-state index in [1.54, 1.807) is 6.92 Å². The van der Waals surface area contributed by atoms with E-state index < -0.39 is 6.10 Å². The first-order valence-corrected chi connectivity index (χ1v) is 9.33. The van der Waals surface area contributed by atoms with Crippen molar-refractivity contribution >= 4 is 11.6 Å². The molecule has 0 aliphatic heterocycles. The summed E-state index contributed by atoms with van der Waals surface area (Å²) in [7, 11) is 0. The SMILES string of the molecule is Cc1ccc(COC(C)C(=O)Nc2ccc(Oc3ccccc3)cc2)c(C)c1. The molecule has 0 aliphatic carbocycles. The number of carbonyl (C=O) groups excluding carboxylic acids is 1. The van der Waals surface area contributed by atoms with Crippen molar-refractivity contribution < 1.29 is 14.3 Å². The Morgan fingerprint density at radius 2 is 1.61 bits per heavy atom. The minimum Gasteiger partial charge on any atom is -0.457 e. The number of nitrogens with one attached hydrogen (secondary N) is 1. The molecule has 4 heteroatoms. The fourth-order valence-electron chi connectivity index (χ4n) is 2.77. The summed E-state index contributed by atoms with van der Waals surface area (Å²) in [6, 6.07) is 23.0. The topological polar surface area (TPSA) is 47.6 Å². The van der Waals surface area contributed by atoms with Crippen molar-refractivity contribution in [3.8, 4) is 11.5 Å². The third-order valence-electron chi connectivity index (χ3n) is 4.46. The lowest BCUT2D eigenvalue weighted by atomic mass is 10.1. The Morgan fingerprint density at radius 1 is 0.929 bits per heavy atom. The number of anilines is 1. The van der Waals surface area contributed by atoms with Crippen molar-refractivity contribution in [2.75, 3.05) is 5.32 Å². The first-order chi connectivity index (χ1) is 13.5. The van der Waals surface area contributed by atoms with Gasteiger partial charge >= 0.3 is 0 Å². The van der Waals surface area contributed by atoms with Crippen LogP contribution in [0.3, 0.4) is 0 Å². The van der Waals surface area contributed by atoms with Crippen LogP contribution in [0, 0.1) is 13.8 Å². The Morgan fingerprint density at radius 3 is 2.29 bits per heavy atom. The van der Waals surface area contributed by atoms with E-state index in [1.165, 1.54) is 11.1 Å². The van der Waals surface area contributed by atoms with Crippen LogP contribution >= 0.6 is 0 Å². The van der Waals surface area contributed by atoms with Gasteiger partial charge in [-0.2, -0.15) is 0 Å². The van der Waals surface area contributed by atoms with Gasteiger partial charge in [-0.3, -0.25) is 4.79 Å². The number of para-hydroxylation sites is 1. The van der Waals surface area contributed by atoms with Crippen LogP contribution in [0.25, 0.3) is 0 Å².